The van der Waals surface area contributed by atoms with Crippen molar-refractivity contribution in [3.63, 3.8) is 0 Å². The van der Waals surface area contributed by atoms with E-state index < -0.39 is 0 Å². The van der Waals surface area contributed by atoms with E-state index in [9.17, 15) is 4.79 Å². The molecule has 1 amide bonds. The average Bonchev–Trinajstić information content (AvgIpc) is 2.53. The zero-order chi connectivity index (χ0) is 13.2. The summed E-state index contributed by atoms with van der Waals surface area (Å²) >= 11 is 0. The van der Waals surface area contributed by atoms with Gasteiger partial charge in [-0.1, -0.05) is 18.6 Å². The number of carbonyl (C=O) groups excluding carboxylic acids is 1. The molecular formula is C16H22N2O. The first-order chi connectivity index (χ1) is 9.28. The molecule has 1 heterocycles. The summed E-state index contributed by atoms with van der Waals surface area (Å²) in [5.41, 5.74) is 3.68. The smallest absolute Gasteiger partial charge is 0.224 e. The van der Waals surface area contributed by atoms with Gasteiger partial charge in [-0.25, -0.2) is 0 Å². The molecule has 1 aromatic rings. The number of carbonyl (C=O) groups is 1. The van der Waals surface area contributed by atoms with Gasteiger partial charge in [-0.15, -0.1) is 0 Å². The number of amides is 1. The summed E-state index contributed by atoms with van der Waals surface area (Å²) in [6.07, 6.45) is 6.63. The zero-order valence-electron chi connectivity index (χ0n) is 11.5. The number of aryl methyl sites for hydroxylation is 1. The van der Waals surface area contributed by atoms with Crippen molar-refractivity contribution in [2.75, 3.05) is 12.4 Å². The Labute approximate surface area is 114 Å². The van der Waals surface area contributed by atoms with Crippen LogP contribution in [0.5, 0.6) is 0 Å². The lowest BCUT2D eigenvalue weighted by Crippen LogP contribution is -2.29. The molecule has 0 spiro atoms. The van der Waals surface area contributed by atoms with Crippen LogP contribution in [-0.4, -0.2) is 13.0 Å². The van der Waals surface area contributed by atoms with Gasteiger partial charge in [0, 0.05) is 18.2 Å². The first-order valence-corrected chi connectivity index (χ1v) is 7.38. The number of nitrogens with one attached hydrogen (secondary N) is 2. The summed E-state index contributed by atoms with van der Waals surface area (Å²) in [6.45, 7) is 0. The third-order valence-electron chi connectivity index (χ3n) is 4.54. The van der Waals surface area contributed by atoms with Gasteiger partial charge in [0.05, 0.1) is 0 Å². The summed E-state index contributed by atoms with van der Waals surface area (Å²) in [5.74, 6) is 0.930. The SMILES string of the molecule is CNC(c1ccc2c(c1)CCCC(=O)N2)C1CCC1. The second kappa shape index (κ2) is 5.33. The fraction of sp³-hybridized carbons (Fsp3) is 0.562. The molecule has 3 rings (SSSR count). The second-order valence-electron chi connectivity index (χ2n) is 5.78. The van der Waals surface area contributed by atoms with Crippen LogP contribution in [0.25, 0.3) is 0 Å². The first kappa shape index (κ1) is 12.7. The highest BCUT2D eigenvalue weighted by Gasteiger charge is 2.27. The zero-order valence-corrected chi connectivity index (χ0v) is 11.5. The van der Waals surface area contributed by atoms with Crippen LogP contribution in [0.15, 0.2) is 18.2 Å². The fourth-order valence-electron chi connectivity index (χ4n) is 3.24. The van der Waals surface area contributed by atoms with Crippen LogP contribution < -0.4 is 10.6 Å². The summed E-state index contributed by atoms with van der Waals surface area (Å²) < 4.78 is 0. The highest BCUT2D eigenvalue weighted by atomic mass is 16.1. The minimum Gasteiger partial charge on any atom is -0.326 e. The predicted molar refractivity (Wildman–Crippen MR) is 77.2 cm³/mol. The summed E-state index contributed by atoms with van der Waals surface area (Å²) in [4.78, 5) is 11.6. The van der Waals surface area contributed by atoms with Crippen LogP contribution in [0.4, 0.5) is 5.69 Å². The molecular weight excluding hydrogens is 236 g/mol. The van der Waals surface area contributed by atoms with Crippen LogP contribution in [-0.2, 0) is 11.2 Å². The molecule has 1 unspecified atom stereocenters. The molecule has 1 fully saturated rings. The molecule has 0 radical (unpaired) electrons. The molecule has 3 nitrogen and oxygen atoms in total. The van der Waals surface area contributed by atoms with Gasteiger partial charge in [-0.3, -0.25) is 4.79 Å². The van der Waals surface area contributed by atoms with Gasteiger partial charge < -0.3 is 10.6 Å². The quantitative estimate of drug-likeness (QED) is 0.875. The monoisotopic (exact) mass is 258 g/mol. The third kappa shape index (κ3) is 2.52. The minimum absolute atomic E-state index is 0.149. The number of rotatable bonds is 3. The predicted octanol–water partition coefficient (Wildman–Crippen LogP) is 3.02. The van der Waals surface area contributed by atoms with Crippen LogP contribution in [0.3, 0.4) is 0 Å². The Bertz CT molecular complexity index is 480. The van der Waals surface area contributed by atoms with Gasteiger partial charge in [-0.05, 0) is 55.8 Å². The van der Waals surface area contributed by atoms with Gasteiger partial charge in [0.1, 0.15) is 0 Å². The maximum atomic E-state index is 11.6. The topological polar surface area (TPSA) is 41.1 Å². The van der Waals surface area contributed by atoms with E-state index in [4.69, 9.17) is 0 Å². The van der Waals surface area contributed by atoms with Crippen molar-refractivity contribution in [1.82, 2.24) is 5.32 Å². The maximum absolute atomic E-state index is 11.6. The highest BCUT2D eigenvalue weighted by Crippen LogP contribution is 2.38. The Morgan fingerprint density at radius 3 is 2.79 bits per heavy atom. The third-order valence-corrected chi connectivity index (χ3v) is 4.54. The number of benzene rings is 1. The van der Waals surface area contributed by atoms with Gasteiger partial charge in [0.15, 0.2) is 0 Å². The molecule has 2 N–H and O–H groups in total. The number of anilines is 1. The first-order valence-electron chi connectivity index (χ1n) is 7.38. The molecule has 1 aliphatic carbocycles. The molecule has 0 saturated heterocycles. The molecule has 1 aromatic carbocycles. The van der Waals surface area contributed by atoms with E-state index in [1.165, 1.54) is 30.4 Å². The lowest BCUT2D eigenvalue weighted by molar-refractivity contribution is -0.116. The molecule has 1 atom stereocenters. The van der Waals surface area contributed by atoms with E-state index in [1.54, 1.807) is 0 Å². The number of hydrogen-bond donors (Lipinski definition) is 2. The Balaban J connectivity index is 1.87. The van der Waals surface area contributed by atoms with Crippen molar-refractivity contribution in [2.45, 2.75) is 44.6 Å². The summed E-state index contributed by atoms with van der Waals surface area (Å²) in [7, 11) is 2.05. The van der Waals surface area contributed by atoms with E-state index in [0.717, 1.165) is 24.4 Å². The van der Waals surface area contributed by atoms with Crippen molar-refractivity contribution >= 4 is 11.6 Å². The van der Waals surface area contributed by atoms with Crippen molar-refractivity contribution in [3.8, 4) is 0 Å². The van der Waals surface area contributed by atoms with Gasteiger partial charge >= 0.3 is 0 Å². The summed E-state index contributed by atoms with van der Waals surface area (Å²) in [5, 5.41) is 6.47. The lowest BCUT2D eigenvalue weighted by atomic mass is 9.77. The molecule has 3 heteroatoms. The normalized spacial score (nSPS) is 21.0. The minimum atomic E-state index is 0.149. The van der Waals surface area contributed by atoms with Crippen molar-refractivity contribution < 1.29 is 4.79 Å². The molecule has 1 aliphatic heterocycles. The van der Waals surface area contributed by atoms with E-state index in [1.807, 2.05) is 0 Å². The van der Waals surface area contributed by atoms with E-state index in [-0.39, 0.29) is 5.91 Å². The average molecular weight is 258 g/mol. The van der Waals surface area contributed by atoms with Gasteiger partial charge in [0.25, 0.3) is 0 Å². The second-order valence-corrected chi connectivity index (χ2v) is 5.78. The number of hydrogen-bond acceptors (Lipinski definition) is 2. The molecule has 2 aliphatic rings. The van der Waals surface area contributed by atoms with Crippen molar-refractivity contribution in [1.29, 1.82) is 0 Å². The lowest BCUT2D eigenvalue weighted by Gasteiger charge is -2.34. The maximum Gasteiger partial charge on any atom is 0.224 e. The Morgan fingerprint density at radius 1 is 1.26 bits per heavy atom. The van der Waals surface area contributed by atoms with Crippen molar-refractivity contribution in [3.05, 3.63) is 29.3 Å². The van der Waals surface area contributed by atoms with Crippen molar-refractivity contribution in [2.24, 2.45) is 5.92 Å². The molecule has 0 aromatic heterocycles. The number of fused-ring (bicyclic) bond motifs is 1. The summed E-state index contributed by atoms with van der Waals surface area (Å²) in [6, 6.07) is 7.01. The van der Waals surface area contributed by atoms with Crippen LogP contribution >= 0.6 is 0 Å². The van der Waals surface area contributed by atoms with Gasteiger partial charge in [-0.2, -0.15) is 0 Å². The van der Waals surface area contributed by atoms with E-state index in [0.29, 0.717) is 12.5 Å². The Hall–Kier alpha value is -1.35. The Morgan fingerprint density at radius 2 is 2.11 bits per heavy atom. The Kier molecular flexibility index (Phi) is 3.56. The largest absolute Gasteiger partial charge is 0.326 e. The molecule has 0 bridgehead atoms. The van der Waals surface area contributed by atoms with Crippen LogP contribution in [0.2, 0.25) is 0 Å². The van der Waals surface area contributed by atoms with E-state index in [2.05, 4.69) is 35.9 Å². The molecule has 19 heavy (non-hydrogen) atoms. The molecule has 1 saturated carbocycles. The standard InChI is InChI=1S/C16H22N2O/c1-17-16(11-4-2-5-11)13-8-9-14-12(10-13)6-3-7-15(19)18-14/h8-11,16-17H,2-7H2,1H3,(H,18,19). The van der Waals surface area contributed by atoms with Gasteiger partial charge in [0.2, 0.25) is 5.91 Å². The van der Waals surface area contributed by atoms with E-state index >= 15 is 0 Å². The molecule has 102 valence electrons. The van der Waals surface area contributed by atoms with Crippen LogP contribution in [0.1, 0.15) is 49.3 Å². The fourth-order valence-corrected chi connectivity index (χ4v) is 3.24. The van der Waals surface area contributed by atoms with Crippen LogP contribution in [0, 0.1) is 5.92 Å². The highest BCUT2D eigenvalue weighted by molar-refractivity contribution is 5.92.